The molecule has 0 aliphatic carbocycles. The maximum atomic E-state index is 13.6. The molecule has 3 rings (SSSR count). The van der Waals surface area contributed by atoms with Gasteiger partial charge in [0.15, 0.2) is 11.5 Å². The monoisotopic (exact) mass is 498 g/mol. The van der Waals surface area contributed by atoms with E-state index in [9.17, 15) is 13.2 Å². The fourth-order valence-corrected chi connectivity index (χ4v) is 5.09. The van der Waals surface area contributed by atoms with E-state index < -0.39 is 15.9 Å². The first kappa shape index (κ1) is 26.1. The molecular formula is C26H30N2O6S. The summed E-state index contributed by atoms with van der Waals surface area (Å²) in [5.74, 6) is 0.884. The van der Waals surface area contributed by atoms with Crippen LogP contribution < -0.4 is 19.5 Å². The van der Waals surface area contributed by atoms with Crippen LogP contribution >= 0.6 is 0 Å². The van der Waals surface area contributed by atoms with E-state index in [2.05, 4.69) is 5.32 Å². The van der Waals surface area contributed by atoms with Gasteiger partial charge >= 0.3 is 0 Å². The lowest BCUT2D eigenvalue weighted by atomic mass is 10.1. The SMILES string of the molecule is COc1ccc(S(=O)(=O)N(CC(=O)NC(C)c2ccccc2OC)Cc2ccccc2)cc1OC. The number of carbonyl (C=O) groups excluding carboxylic acids is 1. The minimum Gasteiger partial charge on any atom is -0.496 e. The zero-order valence-corrected chi connectivity index (χ0v) is 21.0. The summed E-state index contributed by atoms with van der Waals surface area (Å²) >= 11 is 0. The van der Waals surface area contributed by atoms with Gasteiger partial charge in [0.1, 0.15) is 5.75 Å². The van der Waals surface area contributed by atoms with Gasteiger partial charge in [0.2, 0.25) is 15.9 Å². The van der Waals surface area contributed by atoms with E-state index in [-0.39, 0.29) is 29.8 Å². The summed E-state index contributed by atoms with van der Waals surface area (Å²) in [5.41, 5.74) is 1.54. The van der Waals surface area contributed by atoms with E-state index in [1.54, 1.807) is 13.2 Å². The number of para-hydroxylation sites is 1. The molecule has 0 aliphatic heterocycles. The fourth-order valence-electron chi connectivity index (χ4n) is 3.69. The maximum Gasteiger partial charge on any atom is 0.243 e. The lowest BCUT2D eigenvalue weighted by Crippen LogP contribution is -2.41. The second-order valence-corrected chi connectivity index (χ2v) is 9.74. The Morgan fingerprint density at radius 3 is 2.14 bits per heavy atom. The Kier molecular flexibility index (Phi) is 8.73. The van der Waals surface area contributed by atoms with Crippen LogP contribution in [-0.2, 0) is 21.4 Å². The summed E-state index contributed by atoms with van der Waals surface area (Å²) in [6.07, 6.45) is 0. The van der Waals surface area contributed by atoms with Crippen LogP contribution in [0.2, 0.25) is 0 Å². The summed E-state index contributed by atoms with van der Waals surface area (Å²) < 4.78 is 44.3. The van der Waals surface area contributed by atoms with E-state index in [0.29, 0.717) is 11.5 Å². The van der Waals surface area contributed by atoms with Gasteiger partial charge in [-0.2, -0.15) is 4.31 Å². The second-order valence-electron chi connectivity index (χ2n) is 7.81. The number of hydrogen-bond donors (Lipinski definition) is 1. The highest BCUT2D eigenvalue weighted by atomic mass is 32.2. The summed E-state index contributed by atoms with van der Waals surface area (Å²) in [4.78, 5) is 13.0. The summed E-state index contributed by atoms with van der Waals surface area (Å²) in [7, 11) is 0.414. The summed E-state index contributed by atoms with van der Waals surface area (Å²) in [6.45, 7) is 1.47. The van der Waals surface area contributed by atoms with Gasteiger partial charge in [-0.1, -0.05) is 48.5 Å². The Balaban J connectivity index is 1.89. The van der Waals surface area contributed by atoms with Crippen LogP contribution in [0, 0.1) is 0 Å². The van der Waals surface area contributed by atoms with Crippen LogP contribution in [0.15, 0.2) is 77.7 Å². The van der Waals surface area contributed by atoms with Gasteiger partial charge < -0.3 is 19.5 Å². The lowest BCUT2D eigenvalue weighted by molar-refractivity contribution is -0.122. The first-order valence-corrected chi connectivity index (χ1v) is 12.4. The zero-order chi connectivity index (χ0) is 25.4. The predicted octanol–water partition coefficient (Wildman–Crippen LogP) is 3.78. The molecule has 0 aromatic heterocycles. The smallest absolute Gasteiger partial charge is 0.243 e. The molecule has 0 aliphatic rings. The van der Waals surface area contributed by atoms with E-state index >= 15 is 0 Å². The number of benzene rings is 3. The molecule has 0 saturated heterocycles. The van der Waals surface area contributed by atoms with Gasteiger partial charge in [0, 0.05) is 18.2 Å². The summed E-state index contributed by atoms with van der Waals surface area (Å²) in [6, 6.07) is 20.4. The molecule has 9 heteroatoms. The number of nitrogens with zero attached hydrogens (tertiary/aromatic N) is 1. The minimum absolute atomic E-state index is 0.00309. The standard InChI is InChI=1S/C26H30N2O6S/c1-19(22-12-8-9-13-23(22)32-2)27-26(29)18-28(17-20-10-6-5-7-11-20)35(30,31)21-14-15-24(33-3)25(16-21)34-4/h5-16,19H,17-18H2,1-4H3,(H,27,29). The molecular weight excluding hydrogens is 468 g/mol. The second kappa shape index (κ2) is 11.7. The Bertz CT molecular complexity index is 1250. The highest BCUT2D eigenvalue weighted by molar-refractivity contribution is 7.89. The molecule has 1 atom stereocenters. The van der Waals surface area contributed by atoms with Crippen LogP contribution in [0.5, 0.6) is 17.2 Å². The number of carbonyl (C=O) groups is 1. The number of nitrogens with one attached hydrogen (secondary N) is 1. The van der Waals surface area contributed by atoms with Gasteiger partial charge in [0.05, 0.1) is 38.8 Å². The first-order valence-electron chi connectivity index (χ1n) is 11.0. The van der Waals surface area contributed by atoms with E-state index in [0.717, 1.165) is 15.4 Å². The average molecular weight is 499 g/mol. The van der Waals surface area contributed by atoms with Crippen LogP contribution in [0.1, 0.15) is 24.1 Å². The van der Waals surface area contributed by atoms with E-state index in [4.69, 9.17) is 14.2 Å². The van der Waals surface area contributed by atoms with Crippen molar-refractivity contribution >= 4 is 15.9 Å². The van der Waals surface area contributed by atoms with Crippen LogP contribution in [0.4, 0.5) is 0 Å². The van der Waals surface area contributed by atoms with Gasteiger partial charge in [-0.25, -0.2) is 8.42 Å². The topological polar surface area (TPSA) is 94.2 Å². The molecule has 0 heterocycles. The average Bonchev–Trinajstić information content (AvgIpc) is 2.88. The van der Waals surface area contributed by atoms with Crippen molar-refractivity contribution in [1.29, 1.82) is 0 Å². The molecule has 1 unspecified atom stereocenters. The van der Waals surface area contributed by atoms with Gasteiger partial charge in [0.25, 0.3) is 0 Å². The molecule has 35 heavy (non-hydrogen) atoms. The molecule has 3 aromatic carbocycles. The Morgan fingerprint density at radius 1 is 0.857 bits per heavy atom. The van der Waals surface area contributed by atoms with Crippen molar-refractivity contribution in [3.8, 4) is 17.2 Å². The molecule has 0 saturated carbocycles. The number of rotatable bonds is 11. The molecule has 0 fully saturated rings. The number of ether oxygens (including phenoxy) is 3. The van der Waals surface area contributed by atoms with Crippen LogP contribution in [-0.4, -0.2) is 46.5 Å². The Morgan fingerprint density at radius 2 is 1.49 bits per heavy atom. The fraction of sp³-hybridized carbons (Fsp3) is 0.269. The highest BCUT2D eigenvalue weighted by Gasteiger charge is 2.29. The molecule has 1 amide bonds. The van der Waals surface area contributed by atoms with E-state index in [1.165, 1.54) is 32.4 Å². The normalized spacial score (nSPS) is 12.1. The molecule has 0 radical (unpaired) electrons. The largest absolute Gasteiger partial charge is 0.496 e. The third-order valence-electron chi connectivity index (χ3n) is 5.50. The highest BCUT2D eigenvalue weighted by Crippen LogP contribution is 2.31. The van der Waals surface area contributed by atoms with Crippen molar-refractivity contribution in [3.63, 3.8) is 0 Å². The van der Waals surface area contributed by atoms with Crippen molar-refractivity contribution in [2.75, 3.05) is 27.9 Å². The zero-order valence-electron chi connectivity index (χ0n) is 20.2. The first-order chi connectivity index (χ1) is 16.8. The third kappa shape index (κ3) is 6.32. The Labute approximate surface area is 206 Å². The maximum absolute atomic E-state index is 13.6. The van der Waals surface area contributed by atoms with Gasteiger partial charge in [-0.15, -0.1) is 0 Å². The van der Waals surface area contributed by atoms with Crippen LogP contribution in [0.25, 0.3) is 0 Å². The minimum atomic E-state index is -4.05. The summed E-state index contributed by atoms with van der Waals surface area (Å²) in [5, 5.41) is 2.88. The van der Waals surface area contributed by atoms with Crippen molar-refractivity contribution in [2.45, 2.75) is 24.4 Å². The molecule has 3 aromatic rings. The molecule has 1 N–H and O–H groups in total. The van der Waals surface area contributed by atoms with Crippen molar-refractivity contribution in [2.24, 2.45) is 0 Å². The molecule has 0 spiro atoms. The molecule has 8 nitrogen and oxygen atoms in total. The van der Waals surface area contributed by atoms with Crippen molar-refractivity contribution in [1.82, 2.24) is 9.62 Å². The number of methoxy groups -OCH3 is 3. The molecule has 186 valence electrons. The number of sulfonamides is 1. The predicted molar refractivity (Wildman–Crippen MR) is 133 cm³/mol. The van der Waals surface area contributed by atoms with Crippen molar-refractivity contribution in [3.05, 3.63) is 83.9 Å². The van der Waals surface area contributed by atoms with Crippen LogP contribution in [0.3, 0.4) is 0 Å². The lowest BCUT2D eigenvalue weighted by Gasteiger charge is -2.24. The van der Waals surface area contributed by atoms with E-state index in [1.807, 2.05) is 55.5 Å². The van der Waals surface area contributed by atoms with Gasteiger partial charge in [-0.3, -0.25) is 4.79 Å². The molecule has 0 bridgehead atoms. The number of hydrogen-bond acceptors (Lipinski definition) is 6. The quantitative estimate of drug-likeness (QED) is 0.432. The van der Waals surface area contributed by atoms with Crippen molar-refractivity contribution < 1.29 is 27.4 Å². The van der Waals surface area contributed by atoms with Gasteiger partial charge in [-0.05, 0) is 30.7 Å². The number of amides is 1. The third-order valence-corrected chi connectivity index (χ3v) is 7.29. The Hall–Kier alpha value is -3.56.